The molecular weight excluding hydrogens is 520 g/mol. The van der Waals surface area contributed by atoms with Crippen LogP contribution in [0.2, 0.25) is 5.02 Å². The van der Waals surface area contributed by atoms with Crippen molar-refractivity contribution in [3.05, 3.63) is 144 Å². The quantitative estimate of drug-likeness (QED) is 0.204. The van der Waals surface area contributed by atoms with Gasteiger partial charge in [0.2, 0.25) is 0 Å². The first kappa shape index (κ1) is 28.5. The average Bonchev–Trinajstić information content (AvgIpc) is 2.94. The van der Waals surface area contributed by atoms with Gasteiger partial charge in [-0.1, -0.05) is 126 Å². The fourth-order valence-corrected chi connectivity index (χ4v) is 5.66. The molecule has 0 heterocycles. The van der Waals surface area contributed by atoms with E-state index in [1.165, 1.54) is 11.1 Å². The van der Waals surface area contributed by atoms with Crippen LogP contribution in [-0.4, -0.2) is 0 Å². The maximum Gasteiger partial charge on any atom is 0.0499 e. The average molecular weight is 559 g/mol. The van der Waals surface area contributed by atoms with Crippen molar-refractivity contribution in [3.63, 3.8) is 0 Å². The monoisotopic (exact) mass is 558 g/mol. The van der Waals surface area contributed by atoms with Crippen molar-refractivity contribution < 1.29 is 0 Å². The Morgan fingerprint density at radius 1 is 0.415 bits per heavy atom. The Hall–Kier alpha value is -4.01. The standard InChI is InChI=1S/C38H39ClN2/c1-37(2,3)33-21-13-15-23-35(33)41(36-24-16-14-22-34(36)38(4,5)6)32-26-28(39)25-31(27-32)40(29-17-9-7-10-18-29)30-19-11-8-12-20-30/h7-27H,1-6H3. The molecule has 0 amide bonds. The Balaban J connectivity index is 1.80. The van der Waals surface area contributed by atoms with Gasteiger partial charge < -0.3 is 9.80 Å². The number of anilines is 6. The summed E-state index contributed by atoms with van der Waals surface area (Å²) >= 11 is 6.99. The molecule has 0 unspecified atom stereocenters. The van der Waals surface area contributed by atoms with Gasteiger partial charge in [-0.3, -0.25) is 0 Å². The summed E-state index contributed by atoms with van der Waals surface area (Å²) in [7, 11) is 0. The molecule has 0 bridgehead atoms. The number of nitrogens with zero attached hydrogens (tertiary/aromatic N) is 2. The van der Waals surface area contributed by atoms with Gasteiger partial charge in [-0.05, 0) is 76.6 Å². The molecule has 0 aliphatic rings. The lowest BCUT2D eigenvalue weighted by Crippen LogP contribution is -2.22. The second-order valence-electron chi connectivity index (χ2n) is 12.5. The molecule has 0 radical (unpaired) electrons. The molecule has 2 nitrogen and oxygen atoms in total. The zero-order valence-corrected chi connectivity index (χ0v) is 25.7. The third kappa shape index (κ3) is 6.19. The van der Waals surface area contributed by atoms with Crippen LogP contribution in [0, 0.1) is 0 Å². The van der Waals surface area contributed by atoms with E-state index in [9.17, 15) is 0 Å². The summed E-state index contributed by atoms with van der Waals surface area (Å²) in [4.78, 5) is 4.66. The highest BCUT2D eigenvalue weighted by Crippen LogP contribution is 2.47. The van der Waals surface area contributed by atoms with Crippen molar-refractivity contribution in [2.24, 2.45) is 0 Å². The number of hydrogen-bond acceptors (Lipinski definition) is 2. The van der Waals surface area contributed by atoms with Gasteiger partial charge in [-0.2, -0.15) is 0 Å². The van der Waals surface area contributed by atoms with Gasteiger partial charge in [-0.15, -0.1) is 0 Å². The smallest absolute Gasteiger partial charge is 0.0499 e. The minimum atomic E-state index is -0.0625. The molecule has 208 valence electrons. The lowest BCUT2D eigenvalue weighted by molar-refractivity contribution is 0.587. The van der Waals surface area contributed by atoms with Crippen molar-refractivity contribution in [2.75, 3.05) is 9.80 Å². The van der Waals surface area contributed by atoms with Gasteiger partial charge >= 0.3 is 0 Å². The number of rotatable bonds is 6. The lowest BCUT2D eigenvalue weighted by atomic mass is 9.83. The van der Waals surface area contributed by atoms with Crippen LogP contribution in [0.4, 0.5) is 34.1 Å². The summed E-state index contributed by atoms with van der Waals surface area (Å²) in [5.74, 6) is 0. The predicted octanol–water partition coefficient (Wildman–Crippen LogP) is 11.9. The Labute approximate surface area is 250 Å². The van der Waals surface area contributed by atoms with Crippen molar-refractivity contribution in [2.45, 2.75) is 52.4 Å². The van der Waals surface area contributed by atoms with E-state index in [-0.39, 0.29) is 10.8 Å². The van der Waals surface area contributed by atoms with E-state index in [0.29, 0.717) is 5.02 Å². The van der Waals surface area contributed by atoms with Gasteiger partial charge in [0.05, 0.1) is 0 Å². The van der Waals surface area contributed by atoms with Gasteiger partial charge in [0.25, 0.3) is 0 Å². The molecule has 0 N–H and O–H groups in total. The molecule has 5 rings (SSSR count). The molecule has 0 atom stereocenters. The molecular formula is C38H39ClN2. The summed E-state index contributed by atoms with van der Waals surface area (Å²) in [6.07, 6.45) is 0. The normalized spacial score (nSPS) is 11.8. The Bertz CT molecular complexity index is 1520. The van der Waals surface area contributed by atoms with E-state index >= 15 is 0 Å². The molecule has 0 saturated heterocycles. The summed E-state index contributed by atoms with van der Waals surface area (Å²) in [6, 6.07) is 44.8. The summed E-state index contributed by atoms with van der Waals surface area (Å²) < 4.78 is 0. The van der Waals surface area contributed by atoms with Crippen LogP contribution in [0.25, 0.3) is 0 Å². The SMILES string of the molecule is CC(C)(C)c1ccccc1N(c1cc(Cl)cc(N(c2ccccc2)c2ccccc2)c1)c1ccccc1C(C)(C)C. The molecule has 41 heavy (non-hydrogen) atoms. The third-order valence-electron chi connectivity index (χ3n) is 7.32. The largest absolute Gasteiger partial charge is 0.310 e. The third-order valence-corrected chi connectivity index (χ3v) is 7.54. The minimum absolute atomic E-state index is 0.0625. The first-order chi connectivity index (χ1) is 19.5. The van der Waals surface area contributed by atoms with Crippen LogP contribution >= 0.6 is 11.6 Å². The molecule has 0 saturated carbocycles. The summed E-state index contributed by atoms with van der Waals surface area (Å²) in [6.45, 7) is 13.6. The van der Waals surface area contributed by atoms with E-state index < -0.39 is 0 Å². The second-order valence-corrected chi connectivity index (χ2v) is 13.0. The fourth-order valence-electron chi connectivity index (χ4n) is 5.43. The number of halogens is 1. The molecule has 5 aromatic carbocycles. The highest BCUT2D eigenvalue weighted by Gasteiger charge is 2.28. The second kappa shape index (κ2) is 11.5. The van der Waals surface area contributed by atoms with E-state index in [1.54, 1.807) is 0 Å². The van der Waals surface area contributed by atoms with Crippen LogP contribution in [-0.2, 0) is 10.8 Å². The van der Waals surface area contributed by atoms with E-state index in [1.807, 2.05) is 12.1 Å². The van der Waals surface area contributed by atoms with Crippen LogP contribution in [0.15, 0.2) is 127 Å². The highest BCUT2D eigenvalue weighted by molar-refractivity contribution is 6.31. The molecule has 0 aliphatic carbocycles. The first-order valence-electron chi connectivity index (χ1n) is 14.2. The molecule has 3 heteroatoms. The van der Waals surface area contributed by atoms with Gasteiger partial charge in [0.15, 0.2) is 0 Å². The van der Waals surface area contributed by atoms with Crippen LogP contribution in [0.1, 0.15) is 52.7 Å². The van der Waals surface area contributed by atoms with Crippen LogP contribution in [0.3, 0.4) is 0 Å². The van der Waals surface area contributed by atoms with Gasteiger partial charge in [-0.25, -0.2) is 0 Å². The van der Waals surface area contributed by atoms with Crippen molar-refractivity contribution in [1.82, 2.24) is 0 Å². The molecule has 5 aromatic rings. The summed E-state index contributed by atoms with van der Waals surface area (Å²) in [5, 5.41) is 0.681. The first-order valence-corrected chi connectivity index (χ1v) is 14.6. The molecule has 0 spiro atoms. The Kier molecular flexibility index (Phi) is 7.98. The van der Waals surface area contributed by atoms with Gasteiger partial charge in [0.1, 0.15) is 0 Å². The summed E-state index contributed by atoms with van der Waals surface area (Å²) in [5.41, 5.74) is 8.87. The zero-order chi connectivity index (χ0) is 29.2. The molecule has 0 aliphatic heterocycles. The molecule has 0 aromatic heterocycles. The Morgan fingerprint density at radius 2 is 0.780 bits per heavy atom. The minimum Gasteiger partial charge on any atom is -0.310 e. The van der Waals surface area contributed by atoms with Crippen molar-refractivity contribution in [3.8, 4) is 0 Å². The Morgan fingerprint density at radius 3 is 1.20 bits per heavy atom. The topological polar surface area (TPSA) is 6.48 Å². The number of benzene rings is 5. The predicted molar refractivity (Wildman–Crippen MR) is 178 cm³/mol. The van der Waals surface area contributed by atoms with Crippen molar-refractivity contribution in [1.29, 1.82) is 0 Å². The maximum atomic E-state index is 6.99. The maximum absolute atomic E-state index is 6.99. The van der Waals surface area contributed by atoms with E-state index in [2.05, 4.69) is 167 Å². The van der Waals surface area contributed by atoms with Crippen LogP contribution in [0.5, 0.6) is 0 Å². The van der Waals surface area contributed by atoms with Crippen molar-refractivity contribution >= 4 is 45.7 Å². The molecule has 0 fully saturated rings. The lowest BCUT2D eigenvalue weighted by Gasteiger charge is -2.36. The number of hydrogen-bond donors (Lipinski definition) is 0. The van der Waals surface area contributed by atoms with E-state index in [4.69, 9.17) is 11.6 Å². The zero-order valence-electron chi connectivity index (χ0n) is 24.9. The van der Waals surface area contributed by atoms with Crippen LogP contribution < -0.4 is 9.80 Å². The van der Waals surface area contributed by atoms with Gasteiger partial charge in [0, 0.05) is 39.1 Å². The van der Waals surface area contributed by atoms with E-state index in [0.717, 1.165) is 34.1 Å². The number of para-hydroxylation sites is 4. The fraction of sp³-hybridized carbons (Fsp3) is 0.211. The highest BCUT2D eigenvalue weighted by atomic mass is 35.5.